The third-order valence-electron chi connectivity index (χ3n) is 4.00. The van der Waals surface area contributed by atoms with Gasteiger partial charge in [-0.15, -0.1) is 0 Å². The third-order valence-corrected chi connectivity index (χ3v) is 4.23. The second-order valence-corrected chi connectivity index (χ2v) is 5.97. The highest BCUT2D eigenvalue weighted by atomic mass is 35.5. The molecule has 1 aromatic carbocycles. The van der Waals surface area contributed by atoms with Gasteiger partial charge in [0.05, 0.1) is 11.0 Å². The molecule has 104 valence electrons. The van der Waals surface area contributed by atoms with Crippen molar-refractivity contribution in [3.05, 3.63) is 38.9 Å². The van der Waals surface area contributed by atoms with Crippen LogP contribution in [0.15, 0.2) is 18.2 Å². The number of rotatable bonds is 4. The molecule has 0 aromatic heterocycles. The molecule has 2 atom stereocenters. The van der Waals surface area contributed by atoms with E-state index < -0.39 is 4.92 Å². The van der Waals surface area contributed by atoms with Crippen LogP contribution in [0, 0.1) is 15.5 Å². The number of hydrogen-bond donors (Lipinski definition) is 2. The Morgan fingerprint density at radius 3 is 2.79 bits per heavy atom. The van der Waals surface area contributed by atoms with Crippen molar-refractivity contribution in [1.29, 1.82) is 0 Å². The minimum atomic E-state index is -0.427. The molecule has 0 spiro atoms. The van der Waals surface area contributed by atoms with Crippen LogP contribution in [0.5, 0.6) is 0 Å². The maximum atomic E-state index is 11.0. The van der Waals surface area contributed by atoms with E-state index in [-0.39, 0.29) is 23.2 Å². The Balaban J connectivity index is 2.06. The molecule has 1 saturated carbocycles. The van der Waals surface area contributed by atoms with E-state index in [2.05, 4.69) is 5.32 Å². The molecule has 5 nitrogen and oxygen atoms in total. The van der Waals surface area contributed by atoms with Gasteiger partial charge in [-0.3, -0.25) is 10.1 Å². The summed E-state index contributed by atoms with van der Waals surface area (Å²) in [4.78, 5) is 10.5. The maximum absolute atomic E-state index is 11.0. The van der Waals surface area contributed by atoms with Gasteiger partial charge >= 0.3 is 0 Å². The lowest BCUT2D eigenvalue weighted by Crippen LogP contribution is -2.59. The Morgan fingerprint density at radius 1 is 1.58 bits per heavy atom. The monoisotopic (exact) mass is 284 g/mol. The van der Waals surface area contributed by atoms with Gasteiger partial charge in [0.25, 0.3) is 5.69 Å². The first-order chi connectivity index (χ1) is 8.82. The van der Waals surface area contributed by atoms with Crippen molar-refractivity contribution in [2.24, 2.45) is 5.41 Å². The van der Waals surface area contributed by atoms with Gasteiger partial charge < -0.3 is 10.4 Å². The number of benzene rings is 1. The zero-order valence-electron chi connectivity index (χ0n) is 10.9. The van der Waals surface area contributed by atoms with Crippen LogP contribution in [0.3, 0.4) is 0 Å². The molecule has 1 aliphatic rings. The van der Waals surface area contributed by atoms with Crippen LogP contribution >= 0.6 is 11.6 Å². The number of nitro groups is 1. The van der Waals surface area contributed by atoms with E-state index in [1.807, 2.05) is 13.8 Å². The van der Waals surface area contributed by atoms with Crippen molar-refractivity contribution in [1.82, 2.24) is 5.32 Å². The highest BCUT2D eigenvalue weighted by molar-refractivity contribution is 6.30. The molecule has 0 bridgehead atoms. The first kappa shape index (κ1) is 14.2. The fourth-order valence-electron chi connectivity index (χ4n) is 2.34. The summed E-state index contributed by atoms with van der Waals surface area (Å²) in [6.45, 7) is 4.36. The molecule has 0 saturated heterocycles. The van der Waals surface area contributed by atoms with Crippen LogP contribution in [0.1, 0.15) is 25.8 Å². The summed E-state index contributed by atoms with van der Waals surface area (Å²) in [6, 6.07) is 4.83. The van der Waals surface area contributed by atoms with E-state index in [1.54, 1.807) is 12.1 Å². The van der Waals surface area contributed by atoms with Crippen LogP contribution < -0.4 is 5.32 Å². The van der Waals surface area contributed by atoms with E-state index in [1.165, 1.54) is 6.07 Å². The molecule has 2 N–H and O–H groups in total. The lowest BCUT2D eigenvalue weighted by Gasteiger charge is -2.49. The fraction of sp³-hybridized carbons (Fsp3) is 0.538. The quantitative estimate of drug-likeness (QED) is 0.658. The summed E-state index contributed by atoms with van der Waals surface area (Å²) >= 11 is 5.77. The van der Waals surface area contributed by atoms with Gasteiger partial charge in [-0.05, 0) is 18.6 Å². The Bertz CT molecular complexity index is 505. The molecular formula is C13H17ClN2O3. The molecule has 0 heterocycles. The SMILES string of the molecule is CC1(C)C(O)CC1NCc1ccc(Cl)cc1[N+](=O)[O-]. The lowest BCUT2D eigenvalue weighted by molar-refractivity contribution is -0.385. The summed E-state index contributed by atoms with van der Waals surface area (Å²) in [7, 11) is 0. The van der Waals surface area contributed by atoms with Crippen LogP contribution in [-0.4, -0.2) is 22.2 Å². The average Bonchev–Trinajstić information content (AvgIpc) is 2.35. The standard InChI is InChI=1S/C13H17ClN2O3/c1-13(2)11(6-12(13)17)15-7-8-3-4-9(14)5-10(8)16(18)19/h3-5,11-12,15,17H,6-7H2,1-2H3. The van der Waals surface area contributed by atoms with Crippen LogP contribution in [0.25, 0.3) is 0 Å². The minimum Gasteiger partial charge on any atom is -0.392 e. The van der Waals surface area contributed by atoms with Crippen molar-refractivity contribution in [3.63, 3.8) is 0 Å². The number of nitro benzene ring substituents is 1. The molecule has 1 aromatic rings. The highest BCUT2D eigenvalue weighted by Crippen LogP contribution is 2.40. The van der Waals surface area contributed by atoms with Gasteiger partial charge in [0.15, 0.2) is 0 Å². The van der Waals surface area contributed by atoms with Crippen LogP contribution in [0.2, 0.25) is 5.02 Å². The summed E-state index contributed by atoms with van der Waals surface area (Å²) in [5.74, 6) is 0. The van der Waals surface area contributed by atoms with E-state index in [4.69, 9.17) is 11.6 Å². The van der Waals surface area contributed by atoms with Crippen molar-refractivity contribution in [3.8, 4) is 0 Å². The first-order valence-corrected chi connectivity index (χ1v) is 6.54. The third kappa shape index (κ3) is 2.73. The maximum Gasteiger partial charge on any atom is 0.275 e. The predicted octanol–water partition coefficient (Wildman–Crippen LogP) is 2.50. The Morgan fingerprint density at radius 2 is 2.26 bits per heavy atom. The zero-order chi connectivity index (χ0) is 14.2. The van der Waals surface area contributed by atoms with Crippen molar-refractivity contribution in [2.45, 2.75) is 39.0 Å². The topological polar surface area (TPSA) is 75.4 Å². The van der Waals surface area contributed by atoms with Gasteiger partial charge in [-0.1, -0.05) is 25.4 Å². The first-order valence-electron chi connectivity index (χ1n) is 6.16. The van der Waals surface area contributed by atoms with Gasteiger partial charge in [-0.2, -0.15) is 0 Å². The van der Waals surface area contributed by atoms with Gasteiger partial charge in [0.1, 0.15) is 0 Å². The molecule has 0 radical (unpaired) electrons. The zero-order valence-corrected chi connectivity index (χ0v) is 11.6. The molecule has 2 rings (SSSR count). The van der Waals surface area contributed by atoms with E-state index in [0.717, 1.165) is 0 Å². The second-order valence-electron chi connectivity index (χ2n) is 5.54. The predicted molar refractivity (Wildman–Crippen MR) is 73.1 cm³/mol. The number of nitrogens with zero attached hydrogens (tertiary/aromatic N) is 1. The highest BCUT2D eigenvalue weighted by Gasteiger charge is 2.46. The van der Waals surface area contributed by atoms with Crippen LogP contribution in [0.4, 0.5) is 5.69 Å². The Hall–Kier alpha value is -1.17. The van der Waals surface area contributed by atoms with Gasteiger partial charge in [-0.25, -0.2) is 0 Å². The number of nitrogens with one attached hydrogen (secondary N) is 1. The number of hydrogen-bond acceptors (Lipinski definition) is 4. The summed E-state index contributed by atoms with van der Waals surface area (Å²) in [6.07, 6.45) is 0.360. The molecule has 1 aliphatic carbocycles. The van der Waals surface area contributed by atoms with Gasteiger partial charge in [0, 0.05) is 34.7 Å². The molecule has 0 aliphatic heterocycles. The van der Waals surface area contributed by atoms with E-state index >= 15 is 0 Å². The second kappa shape index (κ2) is 5.07. The summed E-state index contributed by atoms with van der Waals surface area (Å²) in [5.41, 5.74) is 0.436. The summed E-state index contributed by atoms with van der Waals surface area (Å²) in [5, 5.41) is 24.2. The average molecular weight is 285 g/mol. The molecule has 19 heavy (non-hydrogen) atoms. The van der Waals surface area contributed by atoms with Gasteiger partial charge in [0.2, 0.25) is 0 Å². The van der Waals surface area contributed by atoms with Crippen molar-refractivity contribution >= 4 is 17.3 Å². The summed E-state index contributed by atoms with van der Waals surface area (Å²) < 4.78 is 0. The molecule has 6 heteroatoms. The minimum absolute atomic E-state index is 0.0256. The lowest BCUT2D eigenvalue weighted by atomic mass is 9.64. The molecule has 0 amide bonds. The number of aliphatic hydroxyl groups is 1. The Labute approximate surface area is 116 Å². The normalized spacial score (nSPS) is 24.8. The smallest absolute Gasteiger partial charge is 0.275 e. The van der Waals surface area contributed by atoms with E-state index in [0.29, 0.717) is 23.6 Å². The largest absolute Gasteiger partial charge is 0.392 e. The fourth-order valence-corrected chi connectivity index (χ4v) is 2.50. The number of halogens is 1. The molecular weight excluding hydrogens is 268 g/mol. The van der Waals surface area contributed by atoms with Crippen LogP contribution in [-0.2, 0) is 6.54 Å². The molecule has 1 fully saturated rings. The van der Waals surface area contributed by atoms with E-state index in [9.17, 15) is 15.2 Å². The van der Waals surface area contributed by atoms with Crippen molar-refractivity contribution < 1.29 is 10.0 Å². The molecule has 2 unspecified atom stereocenters. The Kier molecular flexibility index (Phi) is 3.80. The van der Waals surface area contributed by atoms with Crippen molar-refractivity contribution in [2.75, 3.05) is 0 Å². The number of aliphatic hydroxyl groups excluding tert-OH is 1.